The monoisotopic (exact) mass is 352 g/mol. The number of esters is 2. The average molecular weight is 352 g/mol. The molecule has 1 aliphatic rings. The Hall–Kier alpha value is -2.62. The number of ether oxygens (including phenoxy) is 2. The highest BCUT2D eigenvalue weighted by Crippen LogP contribution is 2.25. The van der Waals surface area contributed by atoms with Gasteiger partial charge < -0.3 is 9.47 Å². The zero-order valence-electron chi connectivity index (χ0n) is 15.3. The Bertz CT molecular complexity index is 810. The van der Waals surface area contributed by atoms with Crippen molar-refractivity contribution in [3.05, 3.63) is 70.3 Å². The molecule has 0 saturated carbocycles. The highest BCUT2D eigenvalue weighted by Gasteiger charge is 2.24. The number of carbonyl (C=O) groups is 2. The largest absolute Gasteiger partial charge is 0.469 e. The van der Waals surface area contributed by atoms with Gasteiger partial charge in [-0.05, 0) is 60.4 Å². The van der Waals surface area contributed by atoms with Gasteiger partial charge in [-0.3, -0.25) is 4.79 Å². The van der Waals surface area contributed by atoms with Crippen LogP contribution in [0.1, 0.15) is 39.0 Å². The van der Waals surface area contributed by atoms with Gasteiger partial charge in [-0.25, -0.2) is 4.79 Å². The van der Waals surface area contributed by atoms with Crippen LogP contribution in [-0.4, -0.2) is 26.2 Å². The SMILES string of the molecule is COC(=O)c1ccccc1C[C@H](Cc1ccc2c(c1)CCC2)C(=O)OC. The van der Waals surface area contributed by atoms with Crippen LogP contribution >= 0.6 is 0 Å². The Kier molecular flexibility index (Phi) is 5.71. The fourth-order valence-electron chi connectivity index (χ4n) is 3.72. The molecule has 136 valence electrons. The molecule has 1 aliphatic carbocycles. The van der Waals surface area contributed by atoms with Crippen LogP contribution in [0.4, 0.5) is 0 Å². The minimum Gasteiger partial charge on any atom is -0.469 e. The smallest absolute Gasteiger partial charge is 0.338 e. The maximum absolute atomic E-state index is 12.4. The van der Waals surface area contributed by atoms with Crippen LogP contribution in [0.2, 0.25) is 0 Å². The van der Waals surface area contributed by atoms with Gasteiger partial charge in [-0.15, -0.1) is 0 Å². The van der Waals surface area contributed by atoms with Crippen molar-refractivity contribution in [1.82, 2.24) is 0 Å². The lowest BCUT2D eigenvalue weighted by atomic mass is 9.89. The molecular formula is C22H24O4. The summed E-state index contributed by atoms with van der Waals surface area (Å²) in [5, 5.41) is 0. The van der Waals surface area contributed by atoms with Crippen molar-refractivity contribution in [2.75, 3.05) is 14.2 Å². The number of benzene rings is 2. The van der Waals surface area contributed by atoms with Crippen molar-refractivity contribution in [3.8, 4) is 0 Å². The van der Waals surface area contributed by atoms with Crippen molar-refractivity contribution in [2.24, 2.45) is 5.92 Å². The van der Waals surface area contributed by atoms with Gasteiger partial charge in [-0.2, -0.15) is 0 Å². The van der Waals surface area contributed by atoms with E-state index in [1.165, 1.54) is 31.8 Å². The van der Waals surface area contributed by atoms with Gasteiger partial charge in [0.15, 0.2) is 0 Å². The van der Waals surface area contributed by atoms with Gasteiger partial charge in [0, 0.05) is 0 Å². The third-order valence-electron chi connectivity index (χ3n) is 5.07. The fraction of sp³-hybridized carbons (Fsp3) is 0.364. The minimum absolute atomic E-state index is 0.259. The average Bonchev–Trinajstić information content (AvgIpc) is 3.14. The summed E-state index contributed by atoms with van der Waals surface area (Å²) in [6.07, 6.45) is 4.48. The van der Waals surface area contributed by atoms with Crippen LogP contribution in [0, 0.1) is 5.92 Å². The van der Waals surface area contributed by atoms with Crippen LogP contribution in [0.15, 0.2) is 42.5 Å². The van der Waals surface area contributed by atoms with Gasteiger partial charge in [0.25, 0.3) is 0 Å². The van der Waals surface area contributed by atoms with Crippen LogP contribution in [-0.2, 0) is 40.0 Å². The maximum Gasteiger partial charge on any atom is 0.338 e. The van der Waals surface area contributed by atoms with Crippen molar-refractivity contribution < 1.29 is 19.1 Å². The molecule has 3 rings (SSSR count). The van der Waals surface area contributed by atoms with Crippen molar-refractivity contribution >= 4 is 11.9 Å². The number of aryl methyl sites for hydroxylation is 2. The summed E-state index contributed by atoms with van der Waals surface area (Å²) >= 11 is 0. The van der Waals surface area contributed by atoms with E-state index >= 15 is 0 Å². The zero-order chi connectivity index (χ0) is 18.5. The second-order valence-corrected chi connectivity index (χ2v) is 6.73. The van der Waals surface area contributed by atoms with Crippen LogP contribution in [0.3, 0.4) is 0 Å². The fourth-order valence-corrected chi connectivity index (χ4v) is 3.72. The van der Waals surface area contributed by atoms with Gasteiger partial charge in [0.1, 0.15) is 0 Å². The van der Waals surface area contributed by atoms with E-state index in [1.807, 2.05) is 12.1 Å². The molecule has 0 heterocycles. The lowest BCUT2D eigenvalue weighted by Crippen LogP contribution is -2.22. The highest BCUT2D eigenvalue weighted by atomic mass is 16.5. The molecule has 0 bridgehead atoms. The summed E-state index contributed by atoms with van der Waals surface area (Å²) in [4.78, 5) is 24.4. The Morgan fingerprint density at radius 2 is 1.73 bits per heavy atom. The second-order valence-electron chi connectivity index (χ2n) is 6.73. The van der Waals surface area contributed by atoms with E-state index in [1.54, 1.807) is 12.1 Å². The molecule has 0 spiro atoms. The van der Waals surface area contributed by atoms with E-state index in [4.69, 9.17) is 9.47 Å². The topological polar surface area (TPSA) is 52.6 Å². The van der Waals surface area contributed by atoms with Gasteiger partial charge in [0.05, 0.1) is 25.7 Å². The quantitative estimate of drug-likeness (QED) is 0.746. The summed E-state index contributed by atoms with van der Waals surface area (Å²) in [7, 11) is 2.77. The van der Waals surface area contributed by atoms with E-state index in [0.717, 1.165) is 24.0 Å². The molecule has 0 aliphatic heterocycles. The molecule has 26 heavy (non-hydrogen) atoms. The molecule has 2 aromatic carbocycles. The number of fused-ring (bicyclic) bond motifs is 1. The number of methoxy groups -OCH3 is 2. The molecule has 0 fully saturated rings. The Morgan fingerprint density at radius 1 is 0.962 bits per heavy atom. The standard InChI is InChI=1S/C22H24O4/c1-25-21(23)19(13-15-10-11-16-7-5-8-17(16)12-15)14-18-6-3-4-9-20(18)22(24)26-2/h3-4,6,9-12,19H,5,7-8,13-14H2,1-2H3/t19-/m0/s1. The molecule has 2 aromatic rings. The molecule has 0 unspecified atom stereocenters. The van der Waals surface area contributed by atoms with E-state index in [0.29, 0.717) is 18.4 Å². The number of hydrogen-bond acceptors (Lipinski definition) is 4. The normalized spacial score (nSPS) is 13.8. The molecule has 0 N–H and O–H groups in total. The first-order valence-corrected chi connectivity index (χ1v) is 8.97. The second kappa shape index (κ2) is 8.17. The number of hydrogen-bond donors (Lipinski definition) is 0. The minimum atomic E-state index is -0.387. The summed E-state index contributed by atoms with van der Waals surface area (Å²) in [6.45, 7) is 0. The predicted octanol–water partition coefficient (Wildman–Crippen LogP) is 3.54. The Labute approximate surface area is 154 Å². The third kappa shape index (κ3) is 3.96. The molecule has 0 amide bonds. The summed E-state index contributed by atoms with van der Waals surface area (Å²) < 4.78 is 9.88. The molecule has 0 saturated heterocycles. The number of rotatable bonds is 6. The van der Waals surface area contributed by atoms with Crippen molar-refractivity contribution in [3.63, 3.8) is 0 Å². The lowest BCUT2D eigenvalue weighted by molar-refractivity contribution is -0.145. The van der Waals surface area contributed by atoms with E-state index in [9.17, 15) is 9.59 Å². The van der Waals surface area contributed by atoms with E-state index < -0.39 is 0 Å². The first-order chi connectivity index (χ1) is 12.6. The molecule has 4 nitrogen and oxygen atoms in total. The molecular weight excluding hydrogens is 328 g/mol. The highest BCUT2D eigenvalue weighted by molar-refractivity contribution is 5.91. The molecule has 0 aromatic heterocycles. The maximum atomic E-state index is 12.4. The first-order valence-electron chi connectivity index (χ1n) is 8.97. The number of carbonyl (C=O) groups excluding carboxylic acids is 2. The Morgan fingerprint density at radius 3 is 2.50 bits per heavy atom. The molecule has 0 radical (unpaired) electrons. The van der Waals surface area contributed by atoms with Gasteiger partial charge in [0.2, 0.25) is 0 Å². The van der Waals surface area contributed by atoms with E-state index in [-0.39, 0.29) is 17.9 Å². The van der Waals surface area contributed by atoms with Crippen molar-refractivity contribution in [1.29, 1.82) is 0 Å². The van der Waals surface area contributed by atoms with Crippen LogP contribution in [0.5, 0.6) is 0 Å². The first kappa shape index (κ1) is 18.2. The summed E-state index contributed by atoms with van der Waals surface area (Å²) in [6, 6.07) is 13.7. The molecule has 1 atom stereocenters. The Balaban J connectivity index is 1.83. The van der Waals surface area contributed by atoms with E-state index in [2.05, 4.69) is 18.2 Å². The van der Waals surface area contributed by atoms with Gasteiger partial charge in [-0.1, -0.05) is 36.4 Å². The van der Waals surface area contributed by atoms with Crippen LogP contribution < -0.4 is 0 Å². The molecule has 4 heteroatoms. The summed E-state index contributed by atoms with van der Waals surface area (Å²) in [5.74, 6) is -0.989. The summed E-state index contributed by atoms with van der Waals surface area (Å²) in [5.41, 5.74) is 5.24. The van der Waals surface area contributed by atoms with Gasteiger partial charge >= 0.3 is 11.9 Å². The third-order valence-corrected chi connectivity index (χ3v) is 5.07. The lowest BCUT2D eigenvalue weighted by Gasteiger charge is -2.17. The zero-order valence-corrected chi connectivity index (χ0v) is 15.3. The van der Waals surface area contributed by atoms with Crippen LogP contribution in [0.25, 0.3) is 0 Å². The predicted molar refractivity (Wildman–Crippen MR) is 99.2 cm³/mol. The van der Waals surface area contributed by atoms with Crippen molar-refractivity contribution in [2.45, 2.75) is 32.1 Å².